The van der Waals surface area contributed by atoms with Crippen LogP contribution in [0.2, 0.25) is 0 Å². The van der Waals surface area contributed by atoms with E-state index >= 15 is 0 Å². The number of hydrogen-bond acceptors (Lipinski definition) is 0. The second kappa shape index (κ2) is 2.51. The topological polar surface area (TPSA) is 0 Å². The van der Waals surface area contributed by atoms with E-state index in [4.69, 9.17) is 0 Å². The normalized spacial score (nSPS) is 33.3. The van der Waals surface area contributed by atoms with Gasteiger partial charge in [-0.1, -0.05) is 31.1 Å². The highest BCUT2D eigenvalue weighted by molar-refractivity contribution is 5.26. The van der Waals surface area contributed by atoms with Gasteiger partial charge in [-0.2, -0.15) is 0 Å². The Morgan fingerprint density at radius 2 is 2.18 bits per heavy atom. The average molecular weight is 148 g/mol. The third-order valence-electron chi connectivity index (χ3n) is 3.08. The molecule has 0 amide bonds. The minimum absolute atomic E-state index is 0.565. The lowest BCUT2D eigenvalue weighted by atomic mass is 9.89. The molecule has 11 heavy (non-hydrogen) atoms. The Kier molecular flexibility index (Phi) is 1.63. The lowest BCUT2D eigenvalue weighted by molar-refractivity contribution is 0.440. The Bertz CT molecular complexity index is 182. The van der Waals surface area contributed by atoms with E-state index in [9.17, 15) is 0 Å². The van der Waals surface area contributed by atoms with Gasteiger partial charge in [-0.3, -0.25) is 0 Å². The summed E-state index contributed by atoms with van der Waals surface area (Å²) in [7, 11) is 0. The summed E-state index contributed by atoms with van der Waals surface area (Å²) in [6, 6.07) is 0. The van der Waals surface area contributed by atoms with E-state index in [0.717, 1.165) is 5.92 Å². The summed E-state index contributed by atoms with van der Waals surface area (Å²) >= 11 is 0. The van der Waals surface area contributed by atoms with Crippen molar-refractivity contribution in [3.05, 3.63) is 24.8 Å². The molecule has 1 saturated carbocycles. The first kappa shape index (κ1) is 7.15. The Morgan fingerprint density at radius 1 is 1.36 bits per heavy atom. The van der Waals surface area contributed by atoms with Gasteiger partial charge in [0.25, 0.3) is 0 Å². The summed E-state index contributed by atoms with van der Waals surface area (Å²) in [4.78, 5) is 0. The van der Waals surface area contributed by atoms with E-state index in [-0.39, 0.29) is 0 Å². The summed E-state index contributed by atoms with van der Waals surface area (Å²) in [5.41, 5.74) is 0.565. The van der Waals surface area contributed by atoms with Gasteiger partial charge in [0.15, 0.2) is 0 Å². The van der Waals surface area contributed by atoms with Crippen LogP contribution in [0, 0.1) is 11.3 Å². The first-order valence-corrected chi connectivity index (χ1v) is 4.68. The van der Waals surface area contributed by atoms with Gasteiger partial charge < -0.3 is 0 Å². The van der Waals surface area contributed by atoms with Crippen molar-refractivity contribution in [3.63, 3.8) is 0 Å². The van der Waals surface area contributed by atoms with Gasteiger partial charge in [0, 0.05) is 5.41 Å². The summed E-state index contributed by atoms with van der Waals surface area (Å²) < 4.78 is 0. The van der Waals surface area contributed by atoms with Gasteiger partial charge in [-0.15, -0.1) is 6.58 Å². The number of allylic oxidation sites excluding steroid dienone is 3. The zero-order valence-corrected chi connectivity index (χ0v) is 7.05. The van der Waals surface area contributed by atoms with E-state index in [1.54, 1.807) is 0 Å². The minimum Gasteiger partial charge on any atom is -0.103 e. The van der Waals surface area contributed by atoms with Gasteiger partial charge in [0.05, 0.1) is 0 Å². The van der Waals surface area contributed by atoms with Crippen LogP contribution in [0.15, 0.2) is 24.8 Å². The highest BCUT2D eigenvalue weighted by atomic mass is 14.4. The van der Waals surface area contributed by atoms with Gasteiger partial charge >= 0.3 is 0 Å². The fraction of sp³-hybridized carbons (Fsp3) is 0.636. The molecular weight excluding hydrogens is 132 g/mol. The Balaban J connectivity index is 1.99. The summed E-state index contributed by atoms with van der Waals surface area (Å²) in [6.45, 7) is 3.89. The van der Waals surface area contributed by atoms with Crippen molar-refractivity contribution in [2.24, 2.45) is 11.3 Å². The summed E-state index contributed by atoms with van der Waals surface area (Å²) in [5.74, 6) is 0.785. The lowest BCUT2D eigenvalue weighted by Crippen LogP contribution is -2.05. The summed E-state index contributed by atoms with van der Waals surface area (Å²) in [5, 5.41) is 0. The second-order valence-corrected chi connectivity index (χ2v) is 4.01. The van der Waals surface area contributed by atoms with Crippen LogP contribution in [0.4, 0.5) is 0 Å². The average Bonchev–Trinajstić information content (AvgIpc) is 2.80. The van der Waals surface area contributed by atoms with Crippen LogP contribution in [0.1, 0.15) is 32.1 Å². The van der Waals surface area contributed by atoms with Crippen LogP contribution >= 0.6 is 0 Å². The van der Waals surface area contributed by atoms with E-state index in [2.05, 4.69) is 24.8 Å². The third kappa shape index (κ3) is 1.40. The van der Waals surface area contributed by atoms with Gasteiger partial charge in [0.2, 0.25) is 0 Å². The van der Waals surface area contributed by atoms with Crippen molar-refractivity contribution in [1.82, 2.24) is 0 Å². The number of rotatable bonds is 1. The molecule has 0 radical (unpaired) electrons. The lowest BCUT2D eigenvalue weighted by Gasteiger charge is -2.15. The molecule has 1 fully saturated rings. The second-order valence-electron chi connectivity index (χ2n) is 4.01. The largest absolute Gasteiger partial charge is 0.103 e. The van der Waals surface area contributed by atoms with Crippen LogP contribution in [0.5, 0.6) is 0 Å². The van der Waals surface area contributed by atoms with Crippen LogP contribution in [-0.4, -0.2) is 0 Å². The molecule has 1 atom stereocenters. The predicted octanol–water partition coefficient (Wildman–Crippen LogP) is 3.31. The van der Waals surface area contributed by atoms with Crippen molar-refractivity contribution in [1.29, 1.82) is 0 Å². The molecule has 0 heterocycles. The van der Waals surface area contributed by atoms with Crippen molar-refractivity contribution in [2.45, 2.75) is 32.1 Å². The molecule has 0 heteroatoms. The highest BCUT2D eigenvalue weighted by Gasteiger charge is 2.36. The molecule has 0 nitrogen and oxygen atoms in total. The molecule has 0 bridgehead atoms. The first-order chi connectivity index (χ1) is 5.35. The third-order valence-corrected chi connectivity index (χ3v) is 3.08. The van der Waals surface area contributed by atoms with E-state index in [1.165, 1.54) is 32.1 Å². The zero-order chi connectivity index (χ0) is 7.73. The van der Waals surface area contributed by atoms with Crippen LogP contribution in [0.3, 0.4) is 0 Å². The van der Waals surface area contributed by atoms with Crippen LogP contribution in [-0.2, 0) is 0 Å². The highest BCUT2D eigenvalue weighted by Crippen LogP contribution is 2.48. The number of hydrogen-bond donors (Lipinski definition) is 0. The summed E-state index contributed by atoms with van der Waals surface area (Å²) in [6.07, 6.45) is 13.8. The monoisotopic (exact) mass is 148 g/mol. The van der Waals surface area contributed by atoms with Gasteiger partial charge in [-0.25, -0.2) is 0 Å². The quantitative estimate of drug-likeness (QED) is 0.500. The van der Waals surface area contributed by atoms with Crippen LogP contribution in [0.25, 0.3) is 0 Å². The molecule has 60 valence electrons. The van der Waals surface area contributed by atoms with Crippen molar-refractivity contribution in [3.8, 4) is 0 Å². The van der Waals surface area contributed by atoms with Gasteiger partial charge in [-0.05, 0) is 25.2 Å². The molecule has 0 N–H and O–H groups in total. The van der Waals surface area contributed by atoms with Crippen molar-refractivity contribution < 1.29 is 0 Å². The van der Waals surface area contributed by atoms with E-state index in [1.807, 2.05) is 0 Å². The Morgan fingerprint density at radius 3 is 2.82 bits per heavy atom. The predicted molar refractivity (Wildman–Crippen MR) is 48.3 cm³/mol. The molecule has 0 aromatic heterocycles. The molecule has 2 aliphatic rings. The van der Waals surface area contributed by atoms with E-state index < -0.39 is 0 Å². The zero-order valence-electron chi connectivity index (χ0n) is 7.05. The van der Waals surface area contributed by atoms with Crippen molar-refractivity contribution in [2.75, 3.05) is 0 Å². The standard InChI is InChI=1S/C11H16/c1-2-10-5-3-4-6-11(9-10)7-8-11/h2,7-8,10H,1,3-6,9H2. The fourth-order valence-corrected chi connectivity index (χ4v) is 2.17. The van der Waals surface area contributed by atoms with Gasteiger partial charge in [0.1, 0.15) is 0 Å². The smallest absolute Gasteiger partial charge is 0.00671 e. The maximum absolute atomic E-state index is 3.89. The first-order valence-electron chi connectivity index (χ1n) is 4.68. The molecule has 0 aromatic rings. The Labute approximate surface area is 69.0 Å². The van der Waals surface area contributed by atoms with E-state index in [0.29, 0.717) is 5.41 Å². The molecule has 2 rings (SSSR count). The maximum Gasteiger partial charge on any atom is 0.00671 e. The molecule has 0 saturated heterocycles. The fourth-order valence-electron chi connectivity index (χ4n) is 2.17. The molecule has 1 spiro atoms. The minimum atomic E-state index is 0.565. The molecule has 0 aliphatic heterocycles. The molecule has 2 aliphatic carbocycles. The molecule has 0 aromatic carbocycles. The Hall–Kier alpha value is -0.520. The molecule has 1 unspecified atom stereocenters. The van der Waals surface area contributed by atoms with Crippen LogP contribution < -0.4 is 0 Å². The SMILES string of the molecule is C=CC1CCCCC2(C=C2)C1. The van der Waals surface area contributed by atoms with Crippen molar-refractivity contribution >= 4 is 0 Å². The maximum atomic E-state index is 3.89. The molecular formula is C11H16.